The Morgan fingerprint density at radius 2 is 1.75 bits per heavy atom. The van der Waals surface area contributed by atoms with Gasteiger partial charge in [-0.25, -0.2) is 13.6 Å². The zero-order valence-corrected chi connectivity index (χ0v) is 7.86. The van der Waals surface area contributed by atoms with Crippen LogP contribution in [0.1, 0.15) is 15.9 Å². The Hall–Kier alpha value is -1.66. The molecule has 16 heavy (non-hydrogen) atoms. The summed E-state index contributed by atoms with van der Waals surface area (Å²) in [7, 11) is 0.873. The Bertz CT molecular complexity index is 425. The maximum atomic E-state index is 12.9. The third-order valence-electron chi connectivity index (χ3n) is 1.77. The first-order valence-corrected chi connectivity index (χ1v) is 3.92. The summed E-state index contributed by atoms with van der Waals surface area (Å²) in [5.41, 5.74) is -2.68. The van der Waals surface area contributed by atoms with E-state index >= 15 is 0 Å². The molecular weight excluding hydrogens is 235 g/mol. The molecule has 0 amide bonds. The van der Waals surface area contributed by atoms with E-state index in [9.17, 15) is 26.7 Å². The maximum Gasteiger partial charge on any atom is 0.419 e. The molecule has 0 spiro atoms. The van der Waals surface area contributed by atoms with Gasteiger partial charge in [0.05, 0.1) is 18.2 Å². The van der Waals surface area contributed by atoms with Crippen LogP contribution in [0.2, 0.25) is 0 Å². The minimum absolute atomic E-state index is 0.00488. The van der Waals surface area contributed by atoms with Crippen LogP contribution >= 0.6 is 0 Å². The van der Waals surface area contributed by atoms with Gasteiger partial charge in [0.1, 0.15) is 11.6 Å². The lowest BCUT2D eigenvalue weighted by molar-refractivity contribution is -0.140. The van der Waals surface area contributed by atoms with Crippen molar-refractivity contribution < 1.29 is 31.5 Å². The van der Waals surface area contributed by atoms with Crippen molar-refractivity contribution in [1.29, 1.82) is 0 Å². The molecule has 0 unspecified atom stereocenters. The molecule has 0 aliphatic heterocycles. The second-order valence-corrected chi connectivity index (χ2v) is 2.80. The fourth-order valence-electron chi connectivity index (χ4n) is 1.03. The molecule has 0 heterocycles. The molecule has 0 radical (unpaired) electrons. The third-order valence-corrected chi connectivity index (χ3v) is 1.77. The van der Waals surface area contributed by atoms with Gasteiger partial charge >= 0.3 is 12.1 Å². The molecule has 2 nitrogen and oxygen atoms in total. The largest absolute Gasteiger partial charge is 0.465 e. The highest BCUT2D eigenvalue weighted by Gasteiger charge is 2.36. The van der Waals surface area contributed by atoms with Gasteiger partial charge in [-0.05, 0) is 6.07 Å². The highest BCUT2D eigenvalue weighted by Crippen LogP contribution is 2.32. The second-order valence-electron chi connectivity index (χ2n) is 2.80. The molecule has 7 heteroatoms. The molecule has 0 aromatic heterocycles. The Labute approximate surface area is 86.6 Å². The number of hydrogen-bond acceptors (Lipinski definition) is 2. The van der Waals surface area contributed by atoms with Gasteiger partial charge in [-0.1, -0.05) is 0 Å². The van der Waals surface area contributed by atoms with Gasteiger partial charge in [0.25, 0.3) is 0 Å². The smallest absolute Gasteiger partial charge is 0.419 e. The Kier molecular flexibility index (Phi) is 3.16. The van der Waals surface area contributed by atoms with E-state index in [4.69, 9.17) is 0 Å². The summed E-state index contributed by atoms with van der Waals surface area (Å²) in [4.78, 5) is 10.9. The summed E-state index contributed by atoms with van der Waals surface area (Å²) in [5.74, 6) is -4.49. The van der Waals surface area contributed by atoms with E-state index in [-0.39, 0.29) is 12.1 Å². The predicted molar refractivity (Wildman–Crippen MR) is 42.7 cm³/mol. The summed E-state index contributed by atoms with van der Waals surface area (Å²) >= 11 is 0. The number of carbonyl (C=O) groups excluding carboxylic acids is 1. The summed E-state index contributed by atoms with van der Waals surface area (Å²) < 4.78 is 66.4. The minimum Gasteiger partial charge on any atom is -0.465 e. The fourth-order valence-corrected chi connectivity index (χ4v) is 1.03. The Morgan fingerprint density at radius 3 is 2.19 bits per heavy atom. The number of ether oxygens (including phenoxy) is 1. The zero-order chi connectivity index (χ0) is 12.5. The van der Waals surface area contributed by atoms with Crippen molar-refractivity contribution in [1.82, 2.24) is 0 Å². The van der Waals surface area contributed by atoms with Crippen LogP contribution in [-0.4, -0.2) is 13.1 Å². The van der Waals surface area contributed by atoms with Crippen molar-refractivity contribution in [2.75, 3.05) is 7.11 Å². The van der Waals surface area contributed by atoms with Crippen LogP contribution in [0, 0.1) is 11.6 Å². The van der Waals surface area contributed by atoms with Crippen molar-refractivity contribution in [2.24, 2.45) is 0 Å². The number of halogens is 5. The van der Waals surface area contributed by atoms with Crippen LogP contribution in [0.4, 0.5) is 22.0 Å². The average Bonchev–Trinajstić information content (AvgIpc) is 2.14. The molecule has 0 fully saturated rings. The van der Waals surface area contributed by atoms with Crippen LogP contribution in [-0.2, 0) is 10.9 Å². The molecule has 0 saturated carbocycles. The topological polar surface area (TPSA) is 26.3 Å². The van der Waals surface area contributed by atoms with E-state index in [1.165, 1.54) is 0 Å². The van der Waals surface area contributed by atoms with Crippen molar-refractivity contribution in [2.45, 2.75) is 6.18 Å². The van der Waals surface area contributed by atoms with Gasteiger partial charge < -0.3 is 4.74 Å². The molecule has 1 rings (SSSR count). The van der Waals surface area contributed by atoms with Gasteiger partial charge in [0.2, 0.25) is 0 Å². The van der Waals surface area contributed by atoms with E-state index in [2.05, 4.69) is 4.74 Å². The van der Waals surface area contributed by atoms with Crippen molar-refractivity contribution in [3.8, 4) is 0 Å². The Balaban J connectivity index is 3.39. The molecule has 88 valence electrons. The summed E-state index contributed by atoms with van der Waals surface area (Å²) in [6.07, 6.45) is -5.00. The normalized spacial score (nSPS) is 11.4. The lowest BCUT2D eigenvalue weighted by Crippen LogP contribution is -2.13. The van der Waals surface area contributed by atoms with Gasteiger partial charge in [-0.15, -0.1) is 0 Å². The fraction of sp³-hybridized carbons (Fsp3) is 0.222. The molecule has 0 aliphatic rings. The van der Waals surface area contributed by atoms with Crippen LogP contribution in [0.15, 0.2) is 12.1 Å². The van der Waals surface area contributed by atoms with Gasteiger partial charge in [-0.2, -0.15) is 13.2 Å². The number of methoxy groups -OCH3 is 1. The quantitative estimate of drug-likeness (QED) is 0.557. The first-order chi connectivity index (χ1) is 7.27. The molecule has 0 saturated heterocycles. The van der Waals surface area contributed by atoms with Gasteiger partial charge in [0.15, 0.2) is 0 Å². The molecular formula is C9H5F5O2. The standard InChI is InChI=1S/C9H5F5O2/c1-16-8(15)4-2-5(9(12,13)14)7(11)3-6(4)10/h2-3H,1H3. The highest BCUT2D eigenvalue weighted by molar-refractivity contribution is 5.89. The zero-order valence-electron chi connectivity index (χ0n) is 7.86. The first-order valence-electron chi connectivity index (χ1n) is 3.92. The first kappa shape index (κ1) is 12.4. The van der Waals surface area contributed by atoms with E-state index in [1.54, 1.807) is 0 Å². The lowest BCUT2D eigenvalue weighted by atomic mass is 10.1. The van der Waals surface area contributed by atoms with Crippen LogP contribution < -0.4 is 0 Å². The molecule has 0 atom stereocenters. The summed E-state index contributed by atoms with van der Waals surface area (Å²) in [6.45, 7) is 0. The third kappa shape index (κ3) is 2.29. The Morgan fingerprint density at radius 1 is 1.19 bits per heavy atom. The van der Waals surface area contributed by atoms with E-state index in [1.807, 2.05) is 0 Å². The summed E-state index contributed by atoms with van der Waals surface area (Å²) in [6, 6.07) is 0.0750. The number of hydrogen-bond donors (Lipinski definition) is 0. The van der Waals surface area contributed by atoms with Gasteiger partial charge in [0, 0.05) is 6.07 Å². The summed E-state index contributed by atoms with van der Waals surface area (Å²) in [5, 5.41) is 0. The van der Waals surface area contributed by atoms with Crippen molar-refractivity contribution >= 4 is 5.97 Å². The lowest BCUT2D eigenvalue weighted by Gasteiger charge is -2.09. The SMILES string of the molecule is COC(=O)c1cc(C(F)(F)F)c(F)cc1F. The van der Waals surface area contributed by atoms with E-state index < -0.39 is 34.9 Å². The number of benzene rings is 1. The average molecular weight is 240 g/mol. The van der Waals surface area contributed by atoms with Crippen molar-refractivity contribution in [3.63, 3.8) is 0 Å². The van der Waals surface area contributed by atoms with E-state index in [0.717, 1.165) is 7.11 Å². The molecule has 1 aromatic rings. The van der Waals surface area contributed by atoms with Crippen LogP contribution in [0.3, 0.4) is 0 Å². The number of alkyl halides is 3. The predicted octanol–water partition coefficient (Wildman–Crippen LogP) is 2.77. The van der Waals surface area contributed by atoms with E-state index in [0.29, 0.717) is 0 Å². The molecule has 1 aromatic carbocycles. The maximum absolute atomic E-state index is 12.9. The number of rotatable bonds is 1. The minimum atomic E-state index is -5.00. The molecule has 0 bridgehead atoms. The molecule has 0 aliphatic carbocycles. The van der Waals surface area contributed by atoms with Crippen LogP contribution in [0.5, 0.6) is 0 Å². The number of esters is 1. The second kappa shape index (κ2) is 4.07. The monoisotopic (exact) mass is 240 g/mol. The number of carbonyl (C=O) groups is 1. The van der Waals surface area contributed by atoms with Crippen LogP contribution in [0.25, 0.3) is 0 Å². The van der Waals surface area contributed by atoms with Gasteiger partial charge in [-0.3, -0.25) is 0 Å². The highest BCUT2D eigenvalue weighted by atomic mass is 19.4. The van der Waals surface area contributed by atoms with Crippen molar-refractivity contribution in [3.05, 3.63) is 34.9 Å². The molecule has 0 N–H and O–H groups in total.